The third-order valence-electron chi connectivity index (χ3n) is 6.06. The van der Waals surface area contributed by atoms with Gasteiger partial charge in [0, 0.05) is 0 Å². The van der Waals surface area contributed by atoms with Crippen molar-refractivity contribution in [2.24, 2.45) is 0 Å². The Morgan fingerprint density at radius 2 is 0.611 bits per heavy atom. The van der Waals surface area contributed by atoms with E-state index < -0.39 is 0 Å². The summed E-state index contributed by atoms with van der Waals surface area (Å²) in [6, 6.07) is 0. The van der Waals surface area contributed by atoms with E-state index >= 15 is 0 Å². The summed E-state index contributed by atoms with van der Waals surface area (Å²) >= 11 is 0. The molecule has 0 aliphatic carbocycles. The Morgan fingerprint density at radius 1 is 0.389 bits per heavy atom. The van der Waals surface area contributed by atoms with Crippen LogP contribution in [0.4, 0.5) is 0 Å². The SMILES string of the molecule is C1CC2CCCC(C1)P2P1C2CCCC1CCC2. The minimum atomic E-state index is 0.504. The first-order chi connectivity index (χ1) is 8.93. The van der Waals surface area contributed by atoms with E-state index in [2.05, 4.69) is 0 Å². The van der Waals surface area contributed by atoms with Gasteiger partial charge in [-0.25, -0.2) is 0 Å². The van der Waals surface area contributed by atoms with Crippen LogP contribution in [0.5, 0.6) is 0 Å². The van der Waals surface area contributed by atoms with E-state index in [1.54, 1.807) is 77.0 Å². The molecule has 0 saturated carbocycles. The Bertz CT molecular complexity index is 229. The van der Waals surface area contributed by atoms with Gasteiger partial charge in [0.2, 0.25) is 0 Å². The van der Waals surface area contributed by atoms with Crippen molar-refractivity contribution in [3.63, 3.8) is 0 Å². The van der Waals surface area contributed by atoms with E-state index in [9.17, 15) is 0 Å². The predicted molar refractivity (Wildman–Crippen MR) is 84.4 cm³/mol. The minimum Gasteiger partial charge on any atom is -0.0741 e. The van der Waals surface area contributed by atoms with Gasteiger partial charge >= 0.3 is 0 Å². The second-order valence-corrected chi connectivity index (χ2v) is 14.3. The second-order valence-electron chi connectivity index (χ2n) is 7.10. The zero-order valence-electron chi connectivity index (χ0n) is 11.7. The summed E-state index contributed by atoms with van der Waals surface area (Å²) in [7, 11) is 1.01. The summed E-state index contributed by atoms with van der Waals surface area (Å²) in [4.78, 5) is 0. The van der Waals surface area contributed by atoms with Crippen LogP contribution in [0.3, 0.4) is 0 Å². The number of hydrogen-bond donors (Lipinski definition) is 0. The Labute approximate surface area is 115 Å². The monoisotopic (exact) mass is 282 g/mol. The first-order valence-corrected chi connectivity index (χ1v) is 12.2. The lowest BCUT2D eigenvalue weighted by Crippen LogP contribution is -2.32. The number of fused-ring (bicyclic) bond motifs is 5. The molecule has 4 saturated heterocycles. The minimum absolute atomic E-state index is 0.504. The van der Waals surface area contributed by atoms with Crippen LogP contribution in [0.2, 0.25) is 0 Å². The van der Waals surface area contributed by atoms with Crippen LogP contribution in [-0.2, 0) is 0 Å². The zero-order chi connectivity index (χ0) is 11.9. The fourth-order valence-electron chi connectivity index (χ4n) is 5.34. The molecule has 0 atom stereocenters. The van der Waals surface area contributed by atoms with Crippen molar-refractivity contribution in [2.75, 3.05) is 0 Å². The highest BCUT2D eigenvalue weighted by molar-refractivity contribution is 8.31. The largest absolute Gasteiger partial charge is 0.0741 e. The number of hydrogen-bond acceptors (Lipinski definition) is 0. The van der Waals surface area contributed by atoms with Crippen molar-refractivity contribution in [1.82, 2.24) is 0 Å². The quantitative estimate of drug-likeness (QED) is 0.512. The molecule has 0 aromatic carbocycles. The van der Waals surface area contributed by atoms with Gasteiger partial charge in [0.25, 0.3) is 0 Å². The fraction of sp³-hybridized carbons (Fsp3) is 1.00. The summed E-state index contributed by atoms with van der Waals surface area (Å²) in [5.74, 6) is 0. The molecule has 4 aliphatic heterocycles. The van der Waals surface area contributed by atoms with Gasteiger partial charge in [-0.3, -0.25) is 0 Å². The van der Waals surface area contributed by atoms with E-state index in [1.165, 1.54) is 22.6 Å². The van der Waals surface area contributed by atoms with Crippen LogP contribution in [-0.4, -0.2) is 22.6 Å². The van der Waals surface area contributed by atoms with Gasteiger partial charge in [-0.15, -0.1) is 0 Å². The predicted octanol–water partition coefficient (Wildman–Crippen LogP) is 6.08. The molecule has 0 spiro atoms. The van der Waals surface area contributed by atoms with Gasteiger partial charge in [-0.05, 0) is 74.0 Å². The maximum absolute atomic E-state index is 1.64. The number of rotatable bonds is 1. The molecular formula is C16H28P2. The molecule has 4 rings (SSSR count). The van der Waals surface area contributed by atoms with Crippen molar-refractivity contribution in [3.05, 3.63) is 0 Å². The summed E-state index contributed by atoms with van der Waals surface area (Å²) in [6.07, 6.45) is 19.5. The molecule has 2 heteroatoms. The topological polar surface area (TPSA) is 0 Å². The van der Waals surface area contributed by atoms with Crippen LogP contribution >= 0.6 is 15.2 Å². The highest BCUT2D eigenvalue weighted by atomic mass is 32.1. The summed E-state index contributed by atoms with van der Waals surface area (Å²) in [6.45, 7) is 0. The van der Waals surface area contributed by atoms with Crippen molar-refractivity contribution in [3.8, 4) is 0 Å². The summed E-state index contributed by atoms with van der Waals surface area (Å²) in [5, 5.41) is 0. The Kier molecular flexibility index (Phi) is 3.73. The van der Waals surface area contributed by atoms with E-state index in [0.29, 0.717) is 15.2 Å². The van der Waals surface area contributed by atoms with Gasteiger partial charge in [0.05, 0.1) is 0 Å². The fourth-order valence-corrected chi connectivity index (χ4v) is 18.9. The van der Waals surface area contributed by atoms with Gasteiger partial charge in [-0.1, -0.05) is 40.9 Å². The first-order valence-electron chi connectivity index (χ1n) is 8.50. The molecule has 4 heterocycles. The molecule has 0 aromatic heterocycles. The summed E-state index contributed by atoms with van der Waals surface area (Å²) in [5.41, 5.74) is 5.00. The van der Waals surface area contributed by atoms with Crippen LogP contribution in [0.15, 0.2) is 0 Å². The maximum atomic E-state index is 1.64. The van der Waals surface area contributed by atoms with Crippen molar-refractivity contribution >= 4 is 15.2 Å². The lowest BCUT2D eigenvalue weighted by molar-refractivity contribution is 0.468. The lowest BCUT2D eigenvalue weighted by Gasteiger charge is -2.55. The molecule has 0 amide bonds. The Morgan fingerprint density at radius 3 is 0.833 bits per heavy atom. The molecule has 0 radical (unpaired) electrons. The highest BCUT2D eigenvalue weighted by Gasteiger charge is 2.47. The van der Waals surface area contributed by atoms with Gasteiger partial charge < -0.3 is 0 Å². The van der Waals surface area contributed by atoms with Crippen molar-refractivity contribution in [1.29, 1.82) is 0 Å². The molecule has 4 fully saturated rings. The van der Waals surface area contributed by atoms with Crippen molar-refractivity contribution < 1.29 is 0 Å². The standard InChI is InChI=1S/C16H28P2/c1-5-13-7-2-8-14(6-1)17(13)18-15-9-3-10-16(18)12-4-11-15/h13-16H,1-12H2. The second kappa shape index (κ2) is 5.33. The Balaban J connectivity index is 1.60. The van der Waals surface area contributed by atoms with Gasteiger partial charge in [0.15, 0.2) is 0 Å². The first kappa shape index (κ1) is 12.6. The lowest BCUT2D eigenvalue weighted by atomic mass is 9.99. The molecule has 18 heavy (non-hydrogen) atoms. The molecule has 0 unspecified atom stereocenters. The van der Waals surface area contributed by atoms with E-state index in [0.717, 1.165) is 0 Å². The van der Waals surface area contributed by atoms with Crippen LogP contribution in [0.1, 0.15) is 77.0 Å². The van der Waals surface area contributed by atoms with Gasteiger partial charge in [-0.2, -0.15) is 0 Å². The zero-order valence-corrected chi connectivity index (χ0v) is 13.5. The molecule has 0 N–H and O–H groups in total. The van der Waals surface area contributed by atoms with Crippen molar-refractivity contribution in [2.45, 2.75) is 99.7 Å². The molecule has 4 bridgehead atoms. The molecule has 0 nitrogen and oxygen atoms in total. The van der Waals surface area contributed by atoms with Crippen LogP contribution < -0.4 is 0 Å². The smallest absolute Gasteiger partial charge is 0.0168 e. The average Bonchev–Trinajstić information content (AvgIpc) is 2.36. The normalized spacial score (nSPS) is 52.0. The molecular weight excluding hydrogens is 254 g/mol. The Hall–Kier alpha value is 0.860. The molecule has 4 aliphatic rings. The van der Waals surface area contributed by atoms with Crippen LogP contribution in [0, 0.1) is 0 Å². The van der Waals surface area contributed by atoms with E-state index in [-0.39, 0.29) is 0 Å². The third-order valence-corrected chi connectivity index (χ3v) is 17.2. The molecule has 102 valence electrons. The van der Waals surface area contributed by atoms with Crippen LogP contribution in [0.25, 0.3) is 0 Å². The third kappa shape index (κ3) is 2.11. The average molecular weight is 282 g/mol. The summed E-state index contributed by atoms with van der Waals surface area (Å²) < 4.78 is 0. The van der Waals surface area contributed by atoms with E-state index in [1.807, 2.05) is 0 Å². The maximum Gasteiger partial charge on any atom is -0.0168 e. The van der Waals surface area contributed by atoms with Gasteiger partial charge in [0.1, 0.15) is 0 Å². The van der Waals surface area contributed by atoms with E-state index in [4.69, 9.17) is 0 Å². The molecule has 0 aromatic rings. The highest BCUT2D eigenvalue weighted by Crippen LogP contribution is 2.85.